The van der Waals surface area contributed by atoms with E-state index < -0.39 is 0 Å². The summed E-state index contributed by atoms with van der Waals surface area (Å²) >= 11 is 1.74. The minimum atomic E-state index is 0.411. The second kappa shape index (κ2) is 6.82. The monoisotopic (exact) mass is 229 g/mol. The van der Waals surface area contributed by atoms with Crippen LogP contribution in [0.3, 0.4) is 0 Å². The SMILES string of the molecule is CNC(CCCOC)c1cc(OC)cs1. The van der Waals surface area contributed by atoms with Gasteiger partial charge in [0.1, 0.15) is 5.75 Å². The lowest BCUT2D eigenvalue weighted by Gasteiger charge is -2.13. The number of hydrogen-bond acceptors (Lipinski definition) is 4. The molecule has 1 heterocycles. The Bertz CT molecular complexity index is 275. The predicted molar refractivity (Wildman–Crippen MR) is 63.8 cm³/mol. The molecule has 1 atom stereocenters. The standard InChI is InChI=1S/C11H19NO2S/c1-12-10(5-4-6-13-2)11-7-9(14-3)8-15-11/h7-8,10,12H,4-6H2,1-3H3. The van der Waals surface area contributed by atoms with Gasteiger partial charge in [-0.05, 0) is 26.0 Å². The van der Waals surface area contributed by atoms with E-state index in [1.54, 1.807) is 25.6 Å². The molecule has 0 saturated heterocycles. The average molecular weight is 229 g/mol. The maximum atomic E-state index is 5.17. The van der Waals surface area contributed by atoms with Gasteiger partial charge in [0.05, 0.1) is 7.11 Å². The van der Waals surface area contributed by atoms with Gasteiger partial charge in [0.15, 0.2) is 0 Å². The number of rotatable bonds is 7. The molecule has 86 valence electrons. The third-order valence-corrected chi connectivity index (χ3v) is 3.39. The molecule has 0 fully saturated rings. The van der Waals surface area contributed by atoms with E-state index in [1.807, 2.05) is 12.4 Å². The largest absolute Gasteiger partial charge is 0.496 e. The molecule has 4 heteroatoms. The summed E-state index contributed by atoms with van der Waals surface area (Å²) in [6.45, 7) is 0.820. The summed E-state index contributed by atoms with van der Waals surface area (Å²) in [6.07, 6.45) is 2.16. The van der Waals surface area contributed by atoms with Crippen LogP contribution in [0, 0.1) is 0 Å². The fraction of sp³-hybridized carbons (Fsp3) is 0.636. The zero-order valence-corrected chi connectivity index (χ0v) is 10.4. The third-order valence-electron chi connectivity index (χ3n) is 2.36. The van der Waals surface area contributed by atoms with Gasteiger partial charge in [-0.3, -0.25) is 0 Å². The van der Waals surface area contributed by atoms with Crippen molar-refractivity contribution in [2.24, 2.45) is 0 Å². The van der Waals surface area contributed by atoms with Crippen molar-refractivity contribution < 1.29 is 9.47 Å². The Hall–Kier alpha value is -0.580. The van der Waals surface area contributed by atoms with Crippen LogP contribution in [-0.4, -0.2) is 27.9 Å². The van der Waals surface area contributed by atoms with Crippen molar-refractivity contribution in [3.05, 3.63) is 16.3 Å². The Morgan fingerprint density at radius 1 is 1.47 bits per heavy atom. The van der Waals surface area contributed by atoms with Crippen LogP contribution in [0.4, 0.5) is 0 Å². The van der Waals surface area contributed by atoms with Gasteiger partial charge < -0.3 is 14.8 Å². The lowest BCUT2D eigenvalue weighted by Crippen LogP contribution is -2.15. The van der Waals surface area contributed by atoms with Gasteiger partial charge >= 0.3 is 0 Å². The lowest BCUT2D eigenvalue weighted by atomic mass is 10.1. The number of methoxy groups -OCH3 is 2. The summed E-state index contributed by atoms with van der Waals surface area (Å²) in [7, 11) is 5.43. The van der Waals surface area contributed by atoms with Gasteiger partial charge in [-0.15, -0.1) is 11.3 Å². The van der Waals surface area contributed by atoms with Crippen molar-refractivity contribution >= 4 is 11.3 Å². The summed E-state index contributed by atoms with van der Waals surface area (Å²) in [5.74, 6) is 0.946. The zero-order valence-electron chi connectivity index (χ0n) is 9.58. The van der Waals surface area contributed by atoms with Crippen LogP contribution in [0.25, 0.3) is 0 Å². The molecule has 0 aliphatic rings. The Labute approximate surface area is 95.4 Å². The third kappa shape index (κ3) is 3.81. The van der Waals surface area contributed by atoms with E-state index in [9.17, 15) is 0 Å². The molecule has 0 bridgehead atoms. The minimum absolute atomic E-state index is 0.411. The van der Waals surface area contributed by atoms with Crippen molar-refractivity contribution in [3.8, 4) is 5.75 Å². The molecule has 0 amide bonds. The lowest BCUT2D eigenvalue weighted by molar-refractivity contribution is 0.189. The summed E-state index contributed by atoms with van der Waals surface area (Å²) in [5.41, 5.74) is 0. The fourth-order valence-electron chi connectivity index (χ4n) is 1.48. The molecule has 0 spiro atoms. The molecule has 3 nitrogen and oxygen atoms in total. The quantitative estimate of drug-likeness (QED) is 0.728. The van der Waals surface area contributed by atoms with Crippen molar-refractivity contribution in [3.63, 3.8) is 0 Å². The van der Waals surface area contributed by atoms with E-state index in [2.05, 4.69) is 11.4 Å². The van der Waals surface area contributed by atoms with Crippen LogP contribution in [0.2, 0.25) is 0 Å². The minimum Gasteiger partial charge on any atom is -0.496 e. The average Bonchev–Trinajstić information content (AvgIpc) is 2.73. The predicted octanol–water partition coefficient (Wildman–Crippen LogP) is 2.44. The van der Waals surface area contributed by atoms with Crippen molar-refractivity contribution in [2.75, 3.05) is 27.9 Å². The molecule has 0 saturated carbocycles. The summed E-state index contributed by atoms with van der Waals surface area (Å²) in [5, 5.41) is 5.35. The first-order valence-corrected chi connectivity index (χ1v) is 5.98. The first-order chi connectivity index (χ1) is 7.31. The number of thiophene rings is 1. The molecule has 0 aliphatic heterocycles. The van der Waals surface area contributed by atoms with E-state index in [1.165, 1.54) is 4.88 Å². The normalized spacial score (nSPS) is 12.7. The van der Waals surface area contributed by atoms with Crippen LogP contribution in [0.15, 0.2) is 11.4 Å². The molecule has 15 heavy (non-hydrogen) atoms. The van der Waals surface area contributed by atoms with E-state index in [4.69, 9.17) is 9.47 Å². The molecule has 1 unspecified atom stereocenters. The highest BCUT2D eigenvalue weighted by atomic mass is 32.1. The highest BCUT2D eigenvalue weighted by molar-refractivity contribution is 7.10. The highest BCUT2D eigenvalue weighted by Gasteiger charge is 2.11. The number of nitrogens with one attached hydrogen (secondary N) is 1. The maximum absolute atomic E-state index is 5.17. The molecule has 1 aromatic heterocycles. The van der Waals surface area contributed by atoms with Crippen molar-refractivity contribution in [2.45, 2.75) is 18.9 Å². The summed E-state index contributed by atoms with van der Waals surface area (Å²) in [4.78, 5) is 1.32. The fourth-order valence-corrected chi connectivity index (χ4v) is 2.49. The first-order valence-electron chi connectivity index (χ1n) is 5.10. The van der Waals surface area contributed by atoms with Crippen LogP contribution in [0.5, 0.6) is 5.75 Å². The van der Waals surface area contributed by atoms with Gasteiger partial charge in [-0.2, -0.15) is 0 Å². The molecule has 0 aromatic carbocycles. The molecule has 1 aromatic rings. The molecular weight excluding hydrogens is 210 g/mol. The van der Waals surface area contributed by atoms with Crippen molar-refractivity contribution in [1.82, 2.24) is 5.32 Å². The Morgan fingerprint density at radius 2 is 2.27 bits per heavy atom. The number of ether oxygens (including phenoxy) is 2. The Kier molecular flexibility index (Phi) is 5.68. The second-order valence-corrected chi connectivity index (χ2v) is 4.31. The number of hydrogen-bond donors (Lipinski definition) is 1. The van der Waals surface area contributed by atoms with Gasteiger partial charge in [-0.25, -0.2) is 0 Å². The zero-order chi connectivity index (χ0) is 11.1. The van der Waals surface area contributed by atoms with Crippen LogP contribution < -0.4 is 10.1 Å². The van der Waals surface area contributed by atoms with Gasteiger partial charge in [0, 0.05) is 30.0 Å². The molecule has 1 rings (SSSR count). The second-order valence-electron chi connectivity index (χ2n) is 3.37. The van der Waals surface area contributed by atoms with E-state index in [-0.39, 0.29) is 0 Å². The Balaban J connectivity index is 2.49. The topological polar surface area (TPSA) is 30.5 Å². The van der Waals surface area contributed by atoms with E-state index >= 15 is 0 Å². The maximum Gasteiger partial charge on any atom is 0.129 e. The van der Waals surface area contributed by atoms with Gasteiger partial charge in [0.2, 0.25) is 0 Å². The Morgan fingerprint density at radius 3 is 2.80 bits per heavy atom. The first kappa shape index (κ1) is 12.5. The molecule has 0 aliphatic carbocycles. The highest BCUT2D eigenvalue weighted by Crippen LogP contribution is 2.28. The van der Waals surface area contributed by atoms with Gasteiger partial charge in [-0.1, -0.05) is 0 Å². The molecule has 0 radical (unpaired) electrons. The summed E-state index contributed by atoms with van der Waals surface area (Å²) in [6, 6.07) is 2.51. The van der Waals surface area contributed by atoms with E-state index in [0.717, 1.165) is 25.2 Å². The van der Waals surface area contributed by atoms with Crippen LogP contribution in [0.1, 0.15) is 23.8 Å². The smallest absolute Gasteiger partial charge is 0.129 e. The van der Waals surface area contributed by atoms with Gasteiger partial charge in [0.25, 0.3) is 0 Å². The van der Waals surface area contributed by atoms with E-state index in [0.29, 0.717) is 6.04 Å². The van der Waals surface area contributed by atoms with Crippen LogP contribution >= 0.6 is 11.3 Å². The van der Waals surface area contributed by atoms with Crippen LogP contribution in [-0.2, 0) is 4.74 Å². The summed E-state index contributed by atoms with van der Waals surface area (Å²) < 4.78 is 10.2. The molecular formula is C11H19NO2S. The molecule has 1 N–H and O–H groups in total. The van der Waals surface area contributed by atoms with Crippen molar-refractivity contribution in [1.29, 1.82) is 0 Å².